The number of ether oxygens (including phenoxy) is 1. The Morgan fingerprint density at radius 2 is 1.67 bits per heavy atom. The molecule has 1 fully saturated rings. The summed E-state index contributed by atoms with van der Waals surface area (Å²) in [5.41, 5.74) is 4.59. The molecule has 0 amide bonds. The molecule has 2 unspecified atom stereocenters. The monoisotopic (exact) mass is 366 g/mol. The van der Waals surface area contributed by atoms with E-state index in [1.165, 1.54) is 11.1 Å². The first-order chi connectivity index (χ1) is 12.7. The van der Waals surface area contributed by atoms with Gasteiger partial charge in [0, 0.05) is 5.41 Å². The molecule has 1 saturated carbocycles. The van der Waals surface area contributed by atoms with Crippen molar-refractivity contribution in [3.05, 3.63) is 58.7 Å². The van der Waals surface area contributed by atoms with Gasteiger partial charge in [0.2, 0.25) is 0 Å². The summed E-state index contributed by atoms with van der Waals surface area (Å²) in [6.45, 7) is 11.5. The van der Waals surface area contributed by atoms with Crippen molar-refractivity contribution in [3.8, 4) is 11.5 Å². The molecule has 0 spiro atoms. The lowest BCUT2D eigenvalue weighted by atomic mass is 9.55. The van der Waals surface area contributed by atoms with Crippen LogP contribution in [0.1, 0.15) is 62.3 Å². The molecule has 1 aliphatic carbocycles. The van der Waals surface area contributed by atoms with Crippen molar-refractivity contribution in [2.24, 2.45) is 11.3 Å². The van der Waals surface area contributed by atoms with Gasteiger partial charge < -0.3 is 9.84 Å². The first kappa shape index (κ1) is 19.5. The molecule has 2 atom stereocenters. The highest BCUT2D eigenvalue weighted by molar-refractivity contribution is 5.52. The molecule has 3 heteroatoms. The van der Waals surface area contributed by atoms with E-state index in [0.717, 1.165) is 30.4 Å². The Morgan fingerprint density at radius 3 is 2.22 bits per heavy atom. The minimum absolute atomic E-state index is 0.0993. The molecule has 0 heterocycles. The highest BCUT2D eigenvalue weighted by Crippen LogP contribution is 2.53. The molecule has 0 aliphatic heterocycles. The molecule has 0 radical (unpaired) electrons. The molecular formula is C24H30O3. The Balaban J connectivity index is 2.15. The summed E-state index contributed by atoms with van der Waals surface area (Å²) >= 11 is 0. The fraction of sp³-hybridized carbons (Fsp3) is 0.458. The maximum absolute atomic E-state index is 10.7. The second-order valence-electron chi connectivity index (χ2n) is 8.87. The minimum Gasteiger partial charge on any atom is -0.508 e. The number of aryl methyl sites for hydroxylation is 2. The molecule has 2 aromatic rings. The number of hydrogen-bond donors (Lipinski definition) is 1. The third-order valence-electron chi connectivity index (χ3n) is 6.84. The predicted octanol–water partition coefficient (Wildman–Crippen LogP) is 5.68. The molecule has 3 nitrogen and oxygen atoms in total. The quantitative estimate of drug-likeness (QED) is 0.709. The zero-order valence-electron chi connectivity index (χ0n) is 17.0. The summed E-state index contributed by atoms with van der Waals surface area (Å²) in [5, 5.41) is 10.0. The third kappa shape index (κ3) is 3.47. The summed E-state index contributed by atoms with van der Waals surface area (Å²) in [5.74, 6) is 1.51. The van der Waals surface area contributed by atoms with Crippen molar-refractivity contribution < 1.29 is 14.6 Å². The van der Waals surface area contributed by atoms with Gasteiger partial charge in [-0.2, -0.15) is 0 Å². The van der Waals surface area contributed by atoms with Crippen molar-refractivity contribution in [1.29, 1.82) is 0 Å². The van der Waals surface area contributed by atoms with Gasteiger partial charge in [0.05, 0.1) is 0 Å². The number of phenols is 1. The van der Waals surface area contributed by atoms with Gasteiger partial charge in [-0.1, -0.05) is 45.0 Å². The summed E-state index contributed by atoms with van der Waals surface area (Å²) in [4.78, 5) is 10.7. The van der Waals surface area contributed by atoms with Gasteiger partial charge in [0.15, 0.2) is 0 Å². The van der Waals surface area contributed by atoms with Gasteiger partial charge in [0.25, 0.3) is 6.47 Å². The first-order valence-electron chi connectivity index (χ1n) is 9.71. The van der Waals surface area contributed by atoms with Crippen molar-refractivity contribution in [2.45, 2.75) is 59.3 Å². The van der Waals surface area contributed by atoms with Gasteiger partial charge >= 0.3 is 0 Å². The second kappa shape index (κ2) is 7.03. The number of aromatic hydroxyl groups is 1. The molecule has 1 aliphatic rings. The van der Waals surface area contributed by atoms with E-state index >= 15 is 0 Å². The van der Waals surface area contributed by atoms with Gasteiger partial charge in [-0.3, -0.25) is 4.79 Å². The first-order valence-corrected chi connectivity index (χ1v) is 9.71. The highest BCUT2D eigenvalue weighted by atomic mass is 16.5. The van der Waals surface area contributed by atoms with Crippen LogP contribution in [0.4, 0.5) is 0 Å². The van der Waals surface area contributed by atoms with Crippen LogP contribution < -0.4 is 4.74 Å². The van der Waals surface area contributed by atoms with Crippen LogP contribution in [0.3, 0.4) is 0 Å². The van der Waals surface area contributed by atoms with Gasteiger partial charge in [0.1, 0.15) is 11.5 Å². The Labute approximate surface area is 162 Å². The molecule has 0 aromatic heterocycles. The van der Waals surface area contributed by atoms with E-state index in [-0.39, 0.29) is 5.41 Å². The van der Waals surface area contributed by atoms with E-state index in [1.807, 2.05) is 26.0 Å². The molecule has 144 valence electrons. The lowest BCUT2D eigenvalue weighted by molar-refractivity contribution is -0.120. The zero-order chi connectivity index (χ0) is 19.8. The number of hydrogen-bond acceptors (Lipinski definition) is 3. The summed E-state index contributed by atoms with van der Waals surface area (Å²) in [6.07, 6.45) is 3.25. The molecule has 0 bridgehead atoms. The summed E-state index contributed by atoms with van der Waals surface area (Å²) < 4.78 is 5.09. The standard InChI is InChI=1S/C24H30O3/c1-16-12-19(6-8-21(16)26)24(11-10-23(4,5)18(3)14-24)20-7-9-22(27-15-25)17(2)13-20/h6-9,12-13,15,18,26H,10-11,14H2,1-5H3. The molecular weight excluding hydrogens is 336 g/mol. The Hall–Kier alpha value is -2.29. The Morgan fingerprint density at radius 1 is 1.04 bits per heavy atom. The van der Waals surface area contributed by atoms with Crippen LogP contribution >= 0.6 is 0 Å². The van der Waals surface area contributed by atoms with Gasteiger partial charge in [-0.15, -0.1) is 0 Å². The smallest absolute Gasteiger partial charge is 0.298 e. The molecule has 3 rings (SSSR count). The average Bonchev–Trinajstić information content (AvgIpc) is 2.62. The van der Waals surface area contributed by atoms with Gasteiger partial charge in [-0.05, 0) is 78.8 Å². The van der Waals surface area contributed by atoms with E-state index < -0.39 is 0 Å². The van der Waals surface area contributed by atoms with Crippen molar-refractivity contribution in [2.75, 3.05) is 0 Å². The average molecular weight is 367 g/mol. The van der Waals surface area contributed by atoms with Crippen molar-refractivity contribution in [1.82, 2.24) is 0 Å². The van der Waals surface area contributed by atoms with Crippen LogP contribution in [0, 0.1) is 25.2 Å². The molecule has 1 N–H and O–H groups in total. The normalized spacial score (nSPS) is 24.4. The molecule has 27 heavy (non-hydrogen) atoms. The maximum Gasteiger partial charge on any atom is 0.298 e. The van der Waals surface area contributed by atoms with E-state index in [4.69, 9.17) is 4.74 Å². The van der Waals surface area contributed by atoms with E-state index in [2.05, 4.69) is 45.0 Å². The van der Waals surface area contributed by atoms with E-state index in [1.54, 1.807) is 0 Å². The number of carbonyl (C=O) groups excluding carboxylic acids is 1. The fourth-order valence-corrected chi connectivity index (χ4v) is 4.46. The van der Waals surface area contributed by atoms with Crippen LogP contribution in [-0.2, 0) is 10.2 Å². The molecule has 0 saturated heterocycles. The topological polar surface area (TPSA) is 46.5 Å². The lowest BCUT2D eigenvalue weighted by Gasteiger charge is -2.49. The number of carbonyl (C=O) groups is 1. The SMILES string of the molecule is Cc1cc(C2(c3ccc(OC=O)c(C)c3)CCC(C)(C)C(C)C2)ccc1O. The number of phenolic OH excluding ortho intramolecular Hbond substituents is 1. The van der Waals surface area contributed by atoms with Crippen LogP contribution in [-0.4, -0.2) is 11.6 Å². The Kier molecular flexibility index (Phi) is 5.07. The molecule has 2 aromatic carbocycles. The highest BCUT2D eigenvalue weighted by Gasteiger charge is 2.45. The predicted molar refractivity (Wildman–Crippen MR) is 108 cm³/mol. The van der Waals surface area contributed by atoms with Crippen LogP contribution in [0.15, 0.2) is 36.4 Å². The van der Waals surface area contributed by atoms with E-state index in [0.29, 0.717) is 29.3 Å². The van der Waals surface area contributed by atoms with Crippen LogP contribution in [0.5, 0.6) is 11.5 Å². The summed E-state index contributed by atoms with van der Waals surface area (Å²) in [7, 11) is 0. The largest absolute Gasteiger partial charge is 0.508 e. The minimum atomic E-state index is -0.0993. The number of rotatable bonds is 4. The number of benzene rings is 2. The third-order valence-corrected chi connectivity index (χ3v) is 6.84. The maximum atomic E-state index is 10.7. The zero-order valence-corrected chi connectivity index (χ0v) is 17.0. The lowest BCUT2D eigenvalue weighted by Crippen LogP contribution is -2.41. The second-order valence-corrected chi connectivity index (χ2v) is 8.87. The van der Waals surface area contributed by atoms with Crippen molar-refractivity contribution >= 4 is 6.47 Å². The van der Waals surface area contributed by atoms with Gasteiger partial charge in [-0.25, -0.2) is 0 Å². The van der Waals surface area contributed by atoms with Crippen molar-refractivity contribution in [3.63, 3.8) is 0 Å². The summed E-state index contributed by atoms with van der Waals surface area (Å²) in [6, 6.07) is 12.2. The van der Waals surface area contributed by atoms with Crippen LogP contribution in [0.2, 0.25) is 0 Å². The fourth-order valence-electron chi connectivity index (χ4n) is 4.46. The van der Waals surface area contributed by atoms with E-state index in [9.17, 15) is 9.90 Å². The van der Waals surface area contributed by atoms with Crippen LogP contribution in [0.25, 0.3) is 0 Å². The Bertz CT molecular complexity index is 853.